The molecule has 0 aliphatic carbocycles. The molecule has 0 saturated heterocycles. The topological polar surface area (TPSA) is 74.6 Å². The summed E-state index contributed by atoms with van der Waals surface area (Å²) in [5.74, 6) is -1.67. The molecule has 0 spiro atoms. The van der Waals surface area contributed by atoms with Crippen molar-refractivity contribution in [3.8, 4) is 0 Å². The molecule has 6 rings (SSSR count). The Hall–Kier alpha value is -4.22. The van der Waals surface area contributed by atoms with E-state index in [1.54, 1.807) is 0 Å². The van der Waals surface area contributed by atoms with Crippen molar-refractivity contribution in [2.75, 3.05) is 0 Å². The Bertz CT molecular complexity index is 1610. The van der Waals surface area contributed by atoms with Crippen molar-refractivity contribution >= 4 is 67.7 Å². The van der Waals surface area contributed by atoms with Gasteiger partial charge in [0.1, 0.15) is 0 Å². The molecule has 6 aromatic carbocycles. The van der Waals surface area contributed by atoms with Gasteiger partial charge in [0.05, 0.1) is 0 Å². The number of hydrogen-bond acceptors (Lipinski definition) is 2. The summed E-state index contributed by atoms with van der Waals surface area (Å²) in [4.78, 5) is 18.0. The SMILES string of the molecule is CC(=O)O.CC(=O)O.c1ccc(P(c2ccccc2)c2cccc[c]2[Pd][c]2ccccc2P(c2ccccc2)c2ccccc2)cc1. The Morgan fingerprint density at radius 2 is 0.617 bits per heavy atom. The summed E-state index contributed by atoms with van der Waals surface area (Å²) in [7, 11) is -1.32. The van der Waals surface area contributed by atoms with Crippen LogP contribution >= 0.6 is 15.8 Å². The van der Waals surface area contributed by atoms with E-state index in [2.05, 4.69) is 170 Å². The molecule has 0 fully saturated rings. The van der Waals surface area contributed by atoms with Crippen molar-refractivity contribution in [2.45, 2.75) is 13.8 Å². The summed E-state index contributed by atoms with van der Waals surface area (Å²) >= 11 is 0.305. The quantitative estimate of drug-likeness (QED) is 0.161. The van der Waals surface area contributed by atoms with Crippen molar-refractivity contribution in [2.24, 2.45) is 0 Å². The van der Waals surface area contributed by atoms with Crippen LogP contribution in [0, 0.1) is 0 Å². The molecule has 0 saturated carbocycles. The molecule has 0 amide bonds. The average Bonchev–Trinajstić information content (AvgIpc) is 3.08. The maximum atomic E-state index is 9.00. The zero-order chi connectivity index (χ0) is 33.4. The van der Waals surface area contributed by atoms with Crippen molar-refractivity contribution in [3.05, 3.63) is 170 Å². The number of hydrogen-bond donors (Lipinski definition) is 2. The molecule has 0 bridgehead atoms. The molecule has 2 N–H and O–H groups in total. The van der Waals surface area contributed by atoms with E-state index in [1.165, 1.54) is 39.9 Å². The van der Waals surface area contributed by atoms with Gasteiger partial charge in [0, 0.05) is 13.8 Å². The van der Waals surface area contributed by atoms with Gasteiger partial charge < -0.3 is 10.2 Å². The molecule has 6 aromatic rings. The molecule has 0 aliphatic rings. The number of carbonyl (C=O) groups is 2. The summed E-state index contributed by atoms with van der Waals surface area (Å²) in [6.45, 7) is 2.17. The van der Waals surface area contributed by atoms with Crippen LogP contribution in [0.25, 0.3) is 0 Å². The van der Waals surface area contributed by atoms with Gasteiger partial charge in [-0.1, -0.05) is 0 Å². The van der Waals surface area contributed by atoms with E-state index >= 15 is 0 Å². The van der Waals surface area contributed by atoms with Gasteiger partial charge >= 0.3 is 244 Å². The number of carboxylic acids is 2. The first-order chi connectivity index (χ1) is 22.8. The molecular weight excluding hydrogens is 713 g/mol. The Morgan fingerprint density at radius 1 is 0.404 bits per heavy atom. The number of rotatable bonds is 8. The predicted molar refractivity (Wildman–Crippen MR) is 196 cm³/mol. The van der Waals surface area contributed by atoms with E-state index in [0.717, 1.165) is 13.8 Å². The van der Waals surface area contributed by atoms with Gasteiger partial charge in [0.2, 0.25) is 0 Å². The maximum absolute atomic E-state index is 9.00. The van der Waals surface area contributed by atoms with Gasteiger partial charge in [-0.2, -0.15) is 0 Å². The molecule has 4 nitrogen and oxygen atoms in total. The molecule has 0 heterocycles. The van der Waals surface area contributed by atoms with Crippen LogP contribution in [0.4, 0.5) is 0 Å². The normalized spacial score (nSPS) is 10.4. The standard InChI is InChI=1S/2C18H14P.2C2H4O2.Pd/c2*1-4-10-16(11-5-1)19(17-12-6-2-7-13-17)18-14-8-3-9-15-18;2*1-2(3)4;/h2*1-14H;2*1H3,(H,3,4);. The number of aliphatic carboxylic acids is 2. The minimum atomic E-state index is -0.833. The van der Waals surface area contributed by atoms with Crippen LogP contribution in [-0.4, -0.2) is 22.2 Å². The Balaban J connectivity index is 0.000000564. The Labute approximate surface area is 287 Å². The molecule has 0 atom stereocenters. The fourth-order valence-corrected chi connectivity index (χ4v) is 12.4. The second-order valence-electron chi connectivity index (χ2n) is 9.97. The van der Waals surface area contributed by atoms with Gasteiger partial charge in [-0.3, -0.25) is 9.59 Å². The van der Waals surface area contributed by atoms with Crippen LogP contribution in [0.2, 0.25) is 0 Å². The second kappa shape index (κ2) is 18.8. The minimum absolute atomic E-state index is 0.305. The molecule has 0 unspecified atom stereocenters. The average molecular weight is 749 g/mol. The first-order valence-corrected chi connectivity index (χ1v) is 19.0. The fourth-order valence-electron chi connectivity index (χ4n) is 4.62. The number of carboxylic acid groups (broad SMARTS) is 2. The van der Waals surface area contributed by atoms with Crippen LogP contribution < -0.4 is 39.9 Å². The summed E-state index contributed by atoms with van der Waals surface area (Å²) in [6.07, 6.45) is 0. The summed E-state index contributed by atoms with van der Waals surface area (Å²) < 4.78 is 2.91. The second-order valence-corrected chi connectivity index (χ2v) is 16.4. The first kappa shape index (κ1) is 35.6. The zero-order valence-electron chi connectivity index (χ0n) is 26.1. The van der Waals surface area contributed by atoms with Gasteiger partial charge in [-0.05, 0) is 0 Å². The van der Waals surface area contributed by atoms with Crippen LogP contribution in [-0.2, 0) is 27.6 Å². The van der Waals surface area contributed by atoms with E-state index in [-0.39, 0.29) is 0 Å². The van der Waals surface area contributed by atoms with Crippen LogP contribution in [0.1, 0.15) is 13.8 Å². The van der Waals surface area contributed by atoms with E-state index in [9.17, 15) is 0 Å². The third-order valence-electron chi connectivity index (χ3n) is 6.36. The third kappa shape index (κ3) is 10.9. The molecule has 0 radical (unpaired) electrons. The third-order valence-corrected chi connectivity index (χ3v) is 14.1. The Morgan fingerprint density at radius 3 is 0.872 bits per heavy atom. The summed E-state index contributed by atoms with van der Waals surface area (Å²) in [5.41, 5.74) is 0. The molecular formula is C40H36O4P2Pd. The summed E-state index contributed by atoms with van der Waals surface area (Å²) in [6, 6.07) is 62.4. The molecule has 240 valence electrons. The monoisotopic (exact) mass is 748 g/mol. The molecule has 0 aliphatic heterocycles. The van der Waals surface area contributed by atoms with E-state index < -0.39 is 27.8 Å². The van der Waals surface area contributed by atoms with Crippen molar-refractivity contribution in [3.63, 3.8) is 0 Å². The van der Waals surface area contributed by atoms with E-state index in [0.29, 0.717) is 18.0 Å². The van der Waals surface area contributed by atoms with Crippen molar-refractivity contribution in [1.29, 1.82) is 0 Å². The van der Waals surface area contributed by atoms with Gasteiger partial charge in [0.25, 0.3) is 11.9 Å². The molecule has 0 aromatic heterocycles. The first-order valence-electron chi connectivity index (χ1n) is 14.8. The molecule has 47 heavy (non-hydrogen) atoms. The van der Waals surface area contributed by atoms with Crippen LogP contribution in [0.5, 0.6) is 0 Å². The zero-order valence-corrected chi connectivity index (χ0v) is 29.4. The summed E-state index contributed by atoms with van der Waals surface area (Å²) in [5, 5.41) is 23.3. The van der Waals surface area contributed by atoms with Gasteiger partial charge in [-0.25, -0.2) is 0 Å². The van der Waals surface area contributed by atoms with Crippen LogP contribution in [0.15, 0.2) is 170 Å². The fraction of sp³-hybridized carbons (Fsp3) is 0.0500. The number of benzene rings is 6. The van der Waals surface area contributed by atoms with Crippen molar-refractivity contribution in [1.82, 2.24) is 0 Å². The molecule has 7 heteroatoms. The van der Waals surface area contributed by atoms with E-state index in [4.69, 9.17) is 19.8 Å². The Kier molecular flexibility index (Phi) is 14.3. The van der Waals surface area contributed by atoms with Crippen LogP contribution in [0.3, 0.4) is 0 Å². The van der Waals surface area contributed by atoms with Gasteiger partial charge in [-0.15, -0.1) is 0 Å². The van der Waals surface area contributed by atoms with E-state index in [1.807, 2.05) is 0 Å². The van der Waals surface area contributed by atoms with Crippen molar-refractivity contribution < 1.29 is 37.8 Å². The predicted octanol–water partition coefficient (Wildman–Crippen LogP) is 5.42. The van der Waals surface area contributed by atoms with Gasteiger partial charge in [0.15, 0.2) is 0 Å².